The number of piperidine rings is 1. The summed E-state index contributed by atoms with van der Waals surface area (Å²) in [6.07, 6.45) is 6.37. The lowest BCUT2D eigenvalue weighted by atomic mass is 9.88. The number of carbonyl (C=O) groups is 1. The van der Waals surface area contributed by atoms with Gasteiger partial charge in [0.1, 0.15) is 5.78 Å². The topological polar surface area (TPSA) is 40.5 Å². The Kier molecular flexibility index (Phi) is 4.67. The third-order valence-electron chi connectivity index (χ3n) is 4.97. The molecule has 0 spiro atoms. The fraction of sp³-hybridized carbons (Fsp3) is 0.938. The lowest BCUT2D eigenvalue weighted by molar-refractivity contribution is -0.128. The number of rotatable bonds is 4. The molecule has 0 aromatic rings. The second-order valence-electron chi connectivity index (χ2n) is 7.21. The summed E-state index contributed by atoms with van der Waals surface area (Å²) in [6.45, 7) is 8.05. The molecule has 110 valence electrons. The first-order chi connectivity index (χ1) is 8.90. The molecule has 2 aliphatic rings. The maximum absolute atomic E-state index is 12.4. The van der Waals surface area contributed by atoms with Crippen LogP contribution in [-0.4, -0.2) is 41.0 Å². The van der Waals surface area contributed by atoms with E-state index >= 15 is 0 Å². The normalized spacial score (nSPS) is 33.6. The number of carbonyl (C=O) groups excluding carboxylic acids is 1. The molecule has 0 radical (unpaired) electrons. The van der Waals surface area contributed by atoms with E-state index < -0.39 is 0 Å². The molecule has 2 fully saturated rings. The summed E-state index contributed by atoms with van der Waals surface area (Å²) in [5, 5.41) is 9.62. The van der Waals surface area contributed by atoms with E-state index in [2.05, 4.69) is 18.7 Å². The van der Waals surface area contributed by atoms with Crippen LogP contribution in [0.3, 0.4) is 0 Å². The highest BCUT2D eigenvalue weighted by Crippen LogP contribution is 2.38. The molecule has 1 saturated carbocycles. The van der Waals surface area contributed by atoms with Crippen molar-refractivity contribution in [1.82, 2.24) is 4.90 Å². The van der Waals surface area contributed by atoms with Crippen molar-refractivity contribution in [3.63, 3.8) is 0 Å². The van der Waals surface area contributed by atoms with Gasteiger partial charge < -0.3 is 5.11 Å². The van der Waals surface area contributed by atoms with Crippen LogP contribution in [0.1, 0.15) is 59.3 Å². The molecule has 0 aromatic heterocycles. The fourth-order valence-electron chi connectivity index (χ4n) is 3.76. The van der Waals surface area contributed by atoms with Gasteiger partial charge in [-0.3, -0.25) is 9.69 Å². The minimum atomic E-state index is -0.235. The zero-order valence-electron chi connectivity index (χ0n) is 12.7. The first-order valence-corrected chi connectivity index (χ1v) is 7.86. The van der Waals surface area contributed by atoms with Gasteiger partial charge in [0.15, 0.2) is 0 Å². The standard InChI is InChI=1S/C16H29NO2/c1-12(18)10-14-6-4-5-9-17(14)11-13-7-8-16(2,3)15(13)19/h12-14,18H,4-11H2,1-3H3. The Morgan fingerprint density at radius 2 is 2.11 bits per heavy atom. The second-order valence-corrected chi connectivity index (χ2v) is 7.21. The van der Waals surface area contributed by atoms with E-state index in [1.165, 1.54) is 19.3 Å². The molecular weight excluding hydrogens is 238 g/mol. The van der Waals surface area contributed by atoms with Crippen molar-refractivity contribution in [2.24, 2.45) is 11.3 Å². The van der Waals surface area contributed by atoms with Crippen LogP contribution in [0.5, 0.6) is 0 Å². The molecule has 3 heteroatoms. The van der Waals surface area contributed by atoms with Gasteiger partial charge >= 0.3 is 0 Å². The highest BCUT2D eigenvalue weighted by Gasteiger charge is 2.41. The van der Waals surface area contributed by atoms with Gasteiger partial charge in [0.25, 0.3) is 0 Å². The van der Waals surface area contributed by atoms with Crippen molar-refractivity contribution in [3.8, 4) is 0 Å². The Labute approximate surface area is 117 Å². The highest BCUT2D eigenvalue weighted by molar-refractivity contribution is 5.88. The molecule has 1 heterocycles. The third kappa shape index (κ3) is 3.57. The van der Waals surface area contributed by atoms with Gasteiger partial charge in [-0.25, -0.2) is 0 Å². The van der Waals surface area contributed by atoms with Crippen molar-refractivity contribution >= 4 is 5.78 Å². The van der Waals surface area contributed by atoms with E-state index in [1.807, 2.05) is 6.92 Å². The Hall–Kier alpha value is -0.410. The summed E-state index contributed by atoms with van der Waals surface area (Å²) in [4.78, 5) is 14.8. The Bertz CT molecular complexity index is 325. The van der Waals surface area contributed by atoms with E-state index in [-0.39, 0.29) is 17.4 Å². The summed E-state index contributed by atoms with van der Waals surface area (Å²) in [6, 6.07) is 0.477. The van der Waals surface area contributed by atoms with Crippen molar-refractivity contribution in [1.29, 1.82) is 0 Å². The van der Waals surface area contributed by atoms with E-state index in [0.29, 0.717) is 11.8 Å². The summed E-state index contributed by atoms with van der Waals surface area (Å²) >= 11 is 0. The van der Waals surface area contributed by atoms with Crippen LogP contribution in [0, 0.1) is 11.3 Å². The Balaban J connectivity index is 1.94. The molecule has 0 aromatic carbocycles. The number of aliphatic hydroxyl groups is 1. The van der Waals surface area contributed by atoms with Crippen molar-refractivity contribution in [2.75, 3.05) is 13.1 Å². The van der Waals surface area contributed by atoms with E-state index in [9.17, 15) is 9.90 Å². The quantitative estimate of drug-likeness (QED) is 0.851. The number of likely N-dealkylation sites (tertiary alicyclic amines) is 1. The summed E-state index contributed by atoms with van der Waals surface area (Å²) in [5.41, 5.74) is -0.111. The van der Waals surface area contributed by atoms with Gasteiger partial charge in [-0.15, -0.1) is 0 Å². The number of nitrogens with zero attached hydrogens (tertiary/aromatic N) is 1. The third-order valence-corrected chi connectivity index (χ3v) is 4.97. The predicted octanol–water partition coefficient (Wildman–Crippen LogP) is 2.62. The molecule has 1 N–H and O–H groups in total. The zero-order valence-corrected chi connectivity index (χ0v) is 12.7. The molecule has 0 bridgehead atoms. The minimum Gasteiger partial charge on any atom is -0.393 e. The Morgan fingerprint density at radius 1 is 1.37 bits per heavy atom. The van der Waals surface area contributed by atoms with Crippen LogP contribution < -0.4 is 0 Å². The van der Waals surface area contributed by atoms with Gasteiger partial charge in [0.05, 0.1) is 6.10 Å². The van der Waals surface area contributed by atoms with E-state index in [1.54, 1.807) is 0 Å². The number of ketones is 1. The van der Waals surface area contributed by atoms with Gasteiger partial charge in [-0.2, -0.15) is 0 Å². The van der Waals surface area contributed by atoms with Crippen LogP contribution >= 0.6 is 0 Å². The maximum Gasteiger partial charge on any atom is 0.142 e. The van der Waals surface area contributed by atoms with Crippen LogP contribution in [0.25, 0.3) is 0 Å². The monoisotopic (exact) mass is 267 g/mol. The number of hydrogen-bond donors (Lipinski definition) is 1. The van der Waals surface area contributed by atoms with Gasteiger partial charge in [0, 0.05) is 23.9 Å². The molecular formula is C16H29NO2. The smallest absolute Gasteiger partial charge is 0.142 e. The predicted molar refractivity (Wildman–Crippen MR) is 77.0 cm³/mol. The Morgan fingerprint density at radius 3 is 2.68 bits per heavy atom. The van der Waals surface area contributed by atoms with Crippen LogP contribution in [-0.2, 0) is 4.79 Å². The lowest BCUT2D eigenvalue weighted by Gasteiger charge is -2.37. The second kappa shape index (κ2) is 5.92. The average Bonchev–Trinajstić information content (AvgIpc) is 2.58. The maximum atomic E-state index is 12.4. The van der Waals surface area contributed by atoms with Crippen LogP contribution in [0.4, 0.5) is 0 Å². The van der Waals surface area contributed by atoms with Gasteiger partial charge in [0.2, 0.25) is 0 Å². The molecule has 1 saturated heterocycles. The average molecular weight is 267 g/mol. The molecule has 1 aliphatic carbocycles. The van der Waals surface area contributed by atoms with Crippen molar-refractivity contribution in [3.05, 3.63) is 0 Å². The molecule has 3 unspecified atom stereocenters. The molecule has 3 atom stereocenters. The SMILES string of the molecule is CC(O)CC1CCCCN1CC1CCC(C)(C)C1=O. The number of aliphatic hydroxyl groups excluding tert-OH is 1. The summed E-state index contributed by atoms with van der Waals surface area (Å²) in [5.74, 6) is 0.679. The molecule has 19 heavy (non-hydrogen) atoms. The van der Waals surface area contributed by atoms with Gasteiger partial charge in [-0.1, -0.05) is 20.3 Å². The van der Waals surface area contributed by atoms with E-state index in [0.717, 1.165) is 32.4 Å². The van der Waals surface area contributed by atoms with Gasteiger partial charge in [-0.05, 0) is 45.6 Å². The summed E-state index contributed by atoms with van der Waals surface area (Å²) in [7, 11) is 0. The lowest BCUT2D eigenvalue weighted by Crippen LogP contribution is -2.44. The fourth-order valence-corrected chi connectivity index (χ4v) is 3.76. The highest BCUT2D eigenvalue weighted by atomic mass is 16.3. The van der Waals surface area contributed by atoms with Crippen LogP contribution in [0.2, 0.25) is 0 Å². The van der Waals surface area contributed by atoms with Crippen molar-refractivity contribution in [2.45, 2.75) is 71.4 Å². The van der Waals surface area contributed by atoms with E-state index in [4.69, 9.17) is 0 Å². The van der Waals surface area contributed by atoms with Crippen molar-refractivity contribution < 1.29 is 9.90 Å². The largest absolute Gasteiger partial charge is 0.393 e. The first-order valence-electron chi connectivity index (χ1n) is 7.86. The molecule has 0 amide bonds. The molecule has 3 nitrogen and oxygen atoms in total. The number of Topliss-reactive ketones (excluding diaryl/α,β-unsaturated/α-hetero) is 1. The molecule has 2 rings (SSSR count). The number of hydrogen-bond acceptors (Lipinski definition) is 3. The first kappa shape index (κ1) is 15.0. The molecule has 1 aliphatic heterocycles. The minimum absolute atomic E-state index is 0.111. The van der Waals surface area contributed by atoms with Crippen LogP contribution in [0.15, 0.2) is 0 Å². The summed E-state index contributed by atoms with van der Waals surface area (Å²) < 4.78 is 0. The zero-order chi connectivity index (χ0) is 14.0.